The van der Waals surface area contributed by atoms with Crippen LogP contribution in [0.15, 0.2) is 42.5 Å². The minimum Gasteiger partial charge on any atom is -0.340 e. The molecule has 0 saturated carbocycles. The van der Waals surface area contributed by atoms with Crippen LogP contribution in [0.25, 0.3) is 11.0 Å². The van der Waals surface area contributed by atoms with Crippen LogP contribution < -0.4 is 0 Å². The molecule has 2 nitrogen and oxygen atoms in total. The zero-order chi connectivity index (χ0) is 13.4. The van der Waals surface area contributed by atoms with Crippen molar-refractivity contribution in [3.63, 3.8) is 0 Å². The number of aromatic nitrogens is 2. The number of nitrogens with zero attached hydrogens (tertiary/aromatic N) is 1. The van der Waals surface area contributed by atoms with Crippen molar-refractivity contribution in [2.24, 2.45) is 0 Å². The lowest BCUT2D eigenvalue weighted by atomic mass is 10.1. The molecule has 1 atom stereocenters. The summed E-state index contributed by atoms with van der Waals surface area (Å²) in [6.07, 6.45) is 0. The fraction of sp³-hybridized carbons (Fsp3) is 0.0714. The molecule has 19 heavy (non-hydrogen) atoms. The van der Waals surface area contributed by atoms with Crippen LogP contribution in [-0.4, -0.2) is 9.97 Å². The molecule has 0 aliphatic carbocycles. The van der Waals surface area contributed by atoms with Gasteiger partial charge in [0.2, 0.25) is 0 Å². The Hall–Kier alpha value is -1.94. The summed E-state index contributed by atoms with van der Waals surface area (Å²) in [5.41, 5.74) is 1.23. The summed E-state index contributed by atoms with van der Waals surface area (Å²) >= 11 is 6.29. The van der Waals surface area contributed by atoms with E-state index >= 15 is 0 Å². The van der Waals surface area contributed by atoms with Crippen molar-refractivity contribution in [3.05, 3.63) is 65.5 Å². The Kier molecular flexibility index (Phi) is 2.95. The SMILES string of the molecule is Fc1cc(F)c2nc(C(Cl)c3ccccc3)[nH]c2c1. The number of aromatic amines is 1. The zero-order valence-corrected chi connectivity index (χ0v) is 10.5. The number of hydrogen-bond donors (Lipinski definition) is 1. The quantitative estimate of drug-likeness (QED) is 0.700. The van der Waals surface area contributed by atoms with Crippen molar-refractivity contribution in [2.75, 3.05) is 0 Å². The highest BCUT2D eigenvalue weighted by molar-refractivity contribution is 6.22. The lowest BCUT2D eigenvalue weighted by Crippen LogP contribution is -1.95. The second-order valence-electron chi connectivity index (χ2n) is 4.18. The Morgan fingerprint density at radius 3 is 2.58 bits per heavy atom. The molecule has 1 heterocycles. The molecule has 3 aromatic rings. The number of halogens is 3. The van der Waals surface area contributed by atoms with E-state index in [2.05, 4.69) is 9.97 Å². The highest BCUT2D eigenvalue weighted by atomic mass is 35.5. The molecule has 2 aromatic carbocycles. The molecule has 1 N–H and O–H groups in total. The van der Waals surface area contributed by atoms with Gasteiger partial charge in [-0.15, -0.1) is 11.6 Å². The predicted octanol–water partition coefficient (Wildman–Crippen LogP) is 4.17. The maximum Gasteiger partial charge on any atom is 0.153 e. The fourth-order valence-electron chi connectivity index (χ4n) is 1.96. The number of fused-ring (bicyclic) bond motifs is 1. The van der Waals surface area contributed by atoms with Gasteiger partial charge >= 0.3 is 0 Å². The molecule has 96 valence electrons. The predicted molar refractivity (Wildman–Crippen MR) is 70.1 cm³/mol. The lowest BCUT2D eigenvalue weighted by Gasteiger charge is -2.05. The van der Waals surface area contributed by atoms with Crippen molar-refractivity contribution in [2.45, 2.75) is 5.38 Å². The third-order valence-corrected chi connectivity index (χ3v) is 3.31. The summed E-state index contributed by atoms with van der Waals surface area (Å²) in [6.45, 7) is 0. The lowest BCUT2D eigenvalue weighted by molar-refractivity contribution is 0.590. The Morgan fingerprint density at radius 2 is 1.84 bits per heavy atom. The normalized spacial score (nSPS) is 12.8. The topological polar surface area (TPSA) is 28.7 Å². The van der Waals surface area contributed by atoms with Crippen LogP contribution in [0.1, 0.15) is 16.8 Å². The molecule has 5 heteroatoms. The van der Waals surface area contributed by atoms with Crippen LogP contribution in [0.4, 0.5) is 8.78 Å². The second kappa shape index (κ2) is 4.63. The van der Waals surface area contributed by atoms with Crippen molar-refractivity contribution in [1.29, 1.82) is 0 Å². The molecule has 0 aliphatic heterocycles. The molecule has 0 amide bonds. The molecular formula is C14H9ClF2N2. The van der Waals surface area contributed by atoms with Gasteiger partial charge < -0.3 is 4.98 Å². The first-order valence-corrected chi connectivity index (χ1v) is 6.12. The number of imidazole rings is 1. The monoisotopic (exact) mass is 278 g/mol. The van der Waals surface area contributed by atoms with Crippen molar-refractivity contribution < 1.29 is 8.78 Å². The van der Waals surface area contributed by atoms with Gasteiger partial charge in [-0.1, -0.05) is 30.3 Å². The standard InChI is InChI=1S/C14H9ClF2N2/c15-12(8-4-2-1-3-5-8)14-18-11-7-9(16)6-10(17)13(11)19-14/h1-7,12H,(H,18,19). The molecule has 1 unspecified atom stereocenters. The van der Waals surface area contributed by atoms with E-state index in [-0.39, 0.29) is 5.52 Å². The van der Waals surface area contributed by atoms with Gasteiger partial charge in [0.05, 0.1) is 5.52 Å². The van der Waals surface area contributed by atoms with Crippen molar-refractivity contribution >= 4 is 22.6 Å². The van der Waals surface area contributed by atoms with E-state index in [0.29, 0.717) is 11.3 Å². The number of rotatable bonds is 2. The Balaban J connectivity index is 2.09. The van der Waals surface area contributed by atoms with Crippen LogP contribution in [0.5, 0.6) is 0 Å². The number of benzene rings is 2. The van der Waals surface area contributed by atoms with E-state index in [0.717, 1.165) is 11.6 Å². The van der Waals surface area contributed by atoms with E-state index in [1.54, 1.807) is 0 Å². The minimum absolute atomic E-state index is 0.0954. The number of hydrogen-bond acceptors (Lipinski definition) is 1. The first kappa shape index (κ1) is 12.1. The van der Waals surface area contributed by atoms with E-state index < -0.39 is 17.0 Å². The summed E-state index contributed by atoms with van der Waals surface area (Å²) in [5.74, 6) is -0.951. The Labute approximate surface area is 113 Å². The van der Waals surface area contributed by atoms with Gasteiger partial charge in [-0.2, -0.15) is 0 Å². The molecule has 0 spiro atoms. The van der Waals surface area contributed by atoms with Gasteiger partial charge in [0.15, 0.2) is 5.82 Å². The molecule has 1 aromatic heterocycles. The number of H-pyrrole nitrogens is 1. The maximum absolute atomic E-state index is 13.6. The molecule has 0 saturated heterocycles. The Morgan fingerprint density at radius 1 is 1.11 bits per heavy atom. The summed E-state index contributed by atoms with van der Waals surface area (Å²) in [7, 11) is 0. The molecule has 0 radical (unpaired) electrons. The first-order chi connectivity index (χ1) is 9.15. The molecule has 3 rings (SSSR count). The minimum atomic E-state index is -0.700. The van der Waals surface area contributed by atoms with Crippen LogP contribution in [0.3, 0.4) is 0 Å². The Bertz CT molecular complexity index is 725. The van der Waals surface area contributed by atoms with Gasteiger partial charge in [0.1, 0.15) is 22.5 Å². The summed E-state index contributed by atoms with van der Waals surface area (Å²) < 4.78 is 26.7. The van der Waals surface area contributed by atoms with Crippen molar-refractivity contribution in [1.82, 2.24) is 9.97 Å². The molecular weight excluding hydrogens is 270 g/mol. The third-order valence-electron chi connectivity index (χ3n) is 2.86. The summed E-state index contributed by atoms with van der Waals surface area (Å²) in [5, 5.41) is -0.531. The highest BCUT2D eigenvalue weighted by Crippen LogP contribution is 2.28. The second-order valence-corrected chi connectivity index (χ2v) is 4.62. The smallest absolute Gasteiger partial charge is 0.153 e. The van der Waals surface area contributed by atoms with Gasteiger partial charge in [0, 0.05) is 6.07 Å². The fourth-order valence-corrected chi connectivity index (χ4v) is 2.21. The van der Waals surface area contributed by atoms with E-state index in [1.807, 2.05) is 30.3 Å². The largest absolute Gasteiger partial charge is 0.340 e. The molecule has 0 fully saturated rings. The number of alkyl halides is 1. The highest BCUT2D eigenvalue weighted by Gasteiger charge is 2.17. The van der Waals surface area contributed by atoms with Crippen LogP contribution in [-0.2, 0) is 0 Å². The average molecular weight is 279 g/mol. The van der Waals surface area contributed by atoms with E-state index in [4.69, 9.17) is 11.6 Å². The van der Waals surface area contributed by atoms with Gasteiger partial charge in [-0.05, 0) is 11.6 Å². The van der Waals surface area contributed by atoms with E-state index in [1.165, 1.54) is 6.07 Å². The maximum atomic E-state index is 13.6. The molecule has 0 bridgehead atoms. The summed E-state index contributed by atoms with van der Waals surface area (Å²) in [6, 6.07) is 11.3. The van der Waals surface area contributed by atoms with Crippen LogP contribution in [0.2, 0.25) is 0 Å². The zero-order valence-electron chi connectivity index (χ0n) is 9.70. The average Bonchev–Trinajstić information content (AvgIpc) is 2.83. The molecule has 0 aliphatic rings. The van der Waals surface area contributed by atoms with Crippen LogP contribution >= 0.6 is 11.6 Å². The van der Waals surface area contributed by atoms with E-state index in [9.17, 15) is 8.78 Å². The van der Waals surface area contributed by atoms with Gasteiger partial charge in [0.25, 0.3) is 0 Å². The number of nitrogens with one attached hydrogen (secondary N) is 1. The van der Waals surface area contributed by atoms with Gasteiger partial charge in [-0.3, -0.25) is 0 Å². The van der Waals surface area contributed by atoms with Crippen molar-refractivity contribution in [3.8, 4) is 0 Å². The van der Waals surface area contributed by atoms with Gasteiger partial charge in [-0.25, -0.2) is 13.8 Å². The first-order valence-electron chi connectivity index (χ1n) is 5.69. The summed E-state index contributed by atoms with van der Waals surface area (Å²) in [4.78, 5) is 6.95. The third kappa shape index (κ3) is 2.19. The van der Waals surface area contributed by atoms with Crippen LogP contribution in [0, 0.1) is 11.6 Å².